The van der Waals surface area contributed by atoms with E-state index < -0.39 is 0 Å². The molecule has 27 heavy (non-hydrogen) atoms. The van der Waals surface area contributed by atoms with Gasteiger partial charge in [0.15, 0.2) is 0 Å². The molecule has 1 heterocycles. The molecular weight excluding hydrogens is 362 g/mol. The van der Waals surface area contributed by atoms with Crippen molar-refractivity contribution in [3.63, 3.8) is 0 Å². The molecule has 2 aromatic rings. The van der Waals surface area contributed by atoms with E-state index in [1.807, 2.05) is 36.4 Å². The third-order valence-electron chi connectivity index (χ3n) is 4.47. The maximum absolute atomic E-state index is 12.7. The van der Waals surface area contributed by atoms with Crippen molar-refractivity contribution in [2.45, 2.75) is 29.6 Å². The zero-order valence-electron chi connectivity index (χ0n) is 15.7. The monoisotopic (exact) mass is 387 g/mol. The lowest BCUT2D eigenvalue weighted by Gasteiger charge is -2.22. The number of methoxy groups -OCH3 is 2. The standard InChI is InChI=1S/C21H25NO4S/c1-24-16-11-15(12-17(13-16)25-2)14-26-21(23)19-5-3-4-6-20(19)27-18-7-9-22-10-8-18/h3-6,11-13,18,22H,7-10,14H2,1-2H3. The van der Waals surface area contributed by atoms with E-state index in [1.54, 1.807) is 32.0 Å². The number of thioether (sulfide) groups is 1. The fraction of sp³-hybridized carbons (Fsp3) is 0.381. The van der Waals surface area contributed by atoms with Gasteiger partial charge >= 0.3 is 5.97 Å². The lowest BCUT2D eigenvalue weighted by molar-refractivity contribution is 0.0468. The lowest BCUT2D eigenvalue weighted by Crippen LogP contribution is -2.29. The Hall–Kier alpha value is -2.18. The molecule has 1 aliphatic rings. The lowest BCUT2D eigenvalue weighted by atomic mass is 10.2. The second-order valence-electron chi connectivity index (χ2n) is 6.36. The Morgan fingerprint density at radius 1 is 1.07 bits per heavy atom. The molecule has 0 atom stereocenters. The van der Waals surface area contributed by atoms with Crippen molar-refractivity contribution >= 4 is 17.7 Å². The van der Waals surface area contributed by atoms with Crippen LogP contribution in [0.4, 0.5) is 0 Å². The Bertz CT molecular complexity index is 752. The normalized spacial score (nSPS) is 14.6. The van der Waals surface area contributed by atoms with Crippen LogP contribution in [0.25, 0.3) is 0 Å². The van der Waals surface area contributed by atoms with Gasteiger partial charge in [0.05, 0.1) is 19.8 Å². The van der Waals surface area contributed by atoms with Crippen LogP contribution in [0.1, 0.15) is 28.8 Å². The Morgan fingerprint density at radius 3 is 2.41 bits per heavy atom. The summed E-state index contributed by atoms with van der Waals surface area (Å²) < 4.78 is 16.1. The average molecular weight is 388 g/mol. The summed E-state index contributed by atoms with van der Waals surface area (Å²) in [5.41, 5.74) is 1.44. The van der Waals surface area contributed by atoms with Crippen molar-refractivity contribution in [1.82, 2.24) is 5.32 Å². The van der Waals surface area contributed by atoms with E-state index >= 15 is 0 Å². The highest BCUT2D eigenvalue weighted by molar-refractivity contribution is 8.00. The molecule has 0 radical (unpaired) electrons. The molecule has 0 spiro atoms. The van der Waals surface area contributed by atoms with Crippen LogP contribution in [0.2, 0.25) is 0 Å². The van der Waals surface area contributed by atoms with Crippen LogP contribution in [0.5, 0.6) is 11.5 Å². The van der Waals surface area contributed by atoms with Gasteiger partial charge in [-0.3, -0.25) is 0 Å². The molecule has 6 heteroatoms. The number of rotatable bonds is 7. The first-order valence-electron chi connectivity index (χ1n) is 9.05. The van der Waals surface area contributed by atoms with Crippen molar-refractivity contribution in [3.05, 3.63) is 53.6 Å². The quantitative estimate of drug-likeness (QED) is 0.727. The predicted octanol–water partition coefficient (Wildman–Crippen LogP) is 3.90. The van der Waals surface area contributed by atoms with Gasteiger partial charge < -0.3 is 19.5 Å². The minimum absolute atomic E-state index is 0.165. The van der Waals surface area contributed by atoms with E-state index in [1.165, 1.54) is 0 Å². The van der Waals surface area contributed by atoms with Crippen molar-refractivity contribution in [1.29, 1.82) is 0 Å². The second kappa shape index (κ2) is 9.67. The zero-order valence-corrected chi connectivity index (χ0v) is 16.5. The van der Waals surface area contributed by atoms with Gasteiger partial charge in [0.1, 0.15) is 18.1 Å². The smallest absolute Gasteiger partial charge is 0.339 e. The van der Waals surface area contributed by atoms with E-state index in [-0.39, 0.29) is 12.6 Å². The van der Waals surface area contributed by atoms with E-state index in [0.717, 1.165) is 36.4 Å². The predicted molar refractivity (Wildman–Crippen MR) is 107 cm³/mol. The van der Waals surface area contributed by atoms with Crippen LogP contribution < -0.4 is 14.8 Å². The maximum Gasteiger partial charge on any atom is 0.339 e. The topological polar surface area (TPSA) is 56.8 Å². The number of ether oxygens (including phenoxy) is 3. The SMILES string of the molecule is COc1cc(COC(=O)c2ccccc2SC2CCNCC2)cc(OC)c1. The number of piperidine rings is 1. The van der Waals surface area contributed by atoms with Crippen LogP contribution in [-0.2, 0) is 11.3 Å². The van der Waals surface area contributed by atoms with Crippen LogP contribution in [0, 0.1) is 0 Å². The third kappa shape index (κ3) is 5.40. The summed E-state index contributed by atoms with van der Waals surface area (Å²) in [6.45, 7) is 2.22. The van der Waals surface area contributed by atoms with Gasteiger partial charge in [-0.25, -0.2) is 4.79 Å². The number of carbonyl (C=O) groups is 1. The molecule has 0 aromatic heterocycles. The van der Waals surface area contributed by atoms with Crippen molar-refractivity contribution in [2.24, 2.45) is 0 Å². The van der Waals surface area contributed by atoms with Gasteiger partial charge in [-0.05, 0) is 55.8 Å². The molecule has 1 fully saturated rings. The number of carbonyl (C=O) groups excluding carboxylic acids is 1. The van der Waals surface area contributed by atoms with Crippen molar-refractivity contribution < 1.29 is 19.0 Å². The molecule has 1 aliphatic heterocycles. The third-order valence-corrected chi connectivity index (χ3v) is 5.88. The molecule has 2 aromatic carbocycles. The minimum atomic E-state index is -0.311. The van der Waals surface area contributed by atoms with Crippen molar-refractivity contribution in [3.8, 4) is 11.5 Å². The summed E-state index contributed by atoms with van der Waals surface area (Å²) in [6.07, 6.45) is 2.22. The van der Waals surface area contributed by atoms with Gasteiger partial charge in [-0.15, -0.1) is 11.8 Å². The van der Waals surface area contributed by atoms with Crippen LogP contribution in [-0.4, -0.2) is 38.5 Å². The van der Waals surface area contributed by atoms with E-state index in [2.05, 4.69) is 5.32 Å². The second-order valence-corrected chi connectivity index (χ2v) is 7.70. The Balaban J connectivity index is 1.67. The zero-order chi connectivity index (χ0) is 19.1. The summed E-state index contributed by atoms with van der Waals surface area (Å²) in [6, 6.07) is 13.1. The van der Waals surface area contributed by atoms with E-state index in [0.29, 0.717) is 22.3 Å². The molecule has 1 N–H and O–H groups in total. The number of benzene rings is 2. The average Bonchev–Trinajstić information content (AvgIpc) is 2.72. The fourth-order valence-electron chi connectivity index (χ4n) is 3.01. The van der Waals surface area contributed by atoms with Gasteiger partial charge in [-0.1, -0.05) is 12.1 Å². The van der Waals surface area contributed by atoms with Gasteiger partial charge in [0.2, 0.25) is 0 Å². The first-order chi connectivity index (χ1) is 13.2. The van der Waals surface area contributed by atoms with E-state index in [4.69, 9.17) is 14.2 Å². The molecule has 144 valence electrons. The molecule has 0 bridgehead atoms. The molecule has 1 saturated heterocycles. The summed E-state index contributed by atoms with van der Waals surface area (Å²) >= 11 is 1.77. The highest BCUT2D eigenvalue weighted by atomic mass is 32.2. The first kappa shape index (κ1) is 19.6. The van der Waals surface area contributed by atoms with Gasteiger partial charge in [0, 0.05) is 16.2 Å². The van der Waals surface area contributed by atoms with Crippen LogP contribution in [0.3, 0.4) is 0 Å². The number of nitrogens with one attached hydrogen (secondary N) is 1. The molecule has 3 rings (SSSR count). The summed E-state index contributed by atoms with van der Waals surface area (Å²) in [5.74, 6) is 1.03. The number of hydrogen-bond donors (Lipinski definition) is 1. The van der Waals surface area contributed by atoms with Gasteiger partial charge in [0.25, 0.3) is 0 Å². The van der Waals surface area contributed by atoms with Crippen LogP contribution in [0.15, 0.2) is 47.4 Å². The Labute approximate surface area is 164 Å². The van der Waals surface area contributed by atoms with E-state index in [9.17, 15) is 4.79 Å². The molecule has 0 amide bonds. The Kier molecular flexibility index (Phi) is 7.01. The molecule has 0 aliphatic carbocycles. The fourth-order valence-corrected chi connectivity index (χ4v) is 4.27. The minimum Gasteiger partial charge on any atom is -0.497 e. The molecular formula is C21H25NO4S. The first-order valence-corrected chi connectivity index (χ1v) is 9.93. The summed E-state index contributed by atoms with van der Waals surface area (Å²) in [5, 5.41) is 3.90. The largest absolute Gasteiger partial charge is 0.497 e. The van der Waals surface area contributed by atoms with Crippen molar-refractivity contribution in [2.75, 3.05) is 27.3 Å². The molecule has 5 nitrogen and oxygen atoms in total. The summed E-state index contributed by atoms with van der Waals surface area (Å²) in [7, 11) is 3.19. The highest BCUT2D eigenvalue weighted by Crippen LogP contribution is 2.32. The van der Waals surface area contributed by atoms with Gasteiger partial charge in [-0.2, -0.15) is 0 Å². The number of esters is 1. The molecule has 0 saturated carbocycles. The number of hydrogen-bond acceptors (Lipinski definition) is 6. The van der Waals surface area contributed by atoms with Crippen LogP contribution >= 0.6 is 11.8 Å². The maximum atomic E-state index is 12.7. The Morgan fingerprint density at radius 2 is 1.74 bits per heavy atom. The molecule has 0 unspecified atom stereocenters. The highest BCUT2D eigenvalue weighted by Gasteiger charge is 2.19. The summed E-state index contributed by atoms with van der Waals surface area (Å²) in [4.78, 5) is 13.7.